The molecule has 1 unspecified atom stereocenters. The highest BCUT2D eigenvalue weighted by Gasteiger charge is 2.38. The van der Waals surface area contributed by atoms with E-state index in [1.807, 2.05) is 6.92 Å². The zero-order valence-corrected chi connectivity index (χ0v) is 13.8. The van der Waals surface area contributed by atoms with E-state index in [2.05, 4.69) is 10.3 Å². The fraction of sp³-hybridized carbons (Fsp3) is 0.500. The molecule has 7 heteroatoms. The van der Waals surface area contributed by atoms with Crippen molar-refractivity contribution >= 4 is 23.5 Å². The molecular weight excluding hydrogens is 298 g/mol. The van der Waals surface area contributed by atoms with Crippen LogP contribution in [-0.2, 0) is 4.79 Å². The Morgan fingerprint density at radius 2 is 1.87 bits per heavy atom. The second kappa shape index (κ2) is 6.36. The van der Waals surface area contributed by atoms with Crippen LogP contribution in [0, 0.1) is 13.8 Å². The molecular formula is C16H21N3O4. The van der Waals surface area contributed by atoms with Crippen molar-refractivity contribution in [1.82, 2.24) is 15.2 Å². The van der Waals surface area contributed by atoms with Crippen LogP contribution in [0.4, 0.5) is 4.79 Å². The van der Waals surface area contributed by atoms with E-state index in [0.29, 0.717) is 23.2 Å². The van der Waals surface area contributed by atoms with E-state index in [1.54, 1.807) is 13.8 Å². The summed E-state index contributed by atoms with van der Waals surface area (Å²) in [5.41, 5.74) is 1.92. The molecule has 7 nitrogen and oxygen atoms in total. The summed E-state index contributed by atoms with van der Waals surface area (Å²) in [5.74, 6) is -0.898. The van der Waals surface area contributed by atoms with E-state index in [-0.39, 0.29) is 23.9 Å². The van der Waals surface area contributed by atoms with E-state index < -0.39 is 17.9 Å². The zero-order valence-electron chi connectivity index (χ0n) is 13.8. The summed E-state index contributed by atoms with van der Waals surface area (Å²) in [5, 5.41) is 2.58. The van der Waals surface area contributed by atoms with Crippen molar-refractivity contribution < 1.29 is 19.2 Å². The molecule has 0 saturated carbocycles. The van der Waals surface area contributed by atoms with Gasteiger partial charge in [-0.1, -0.05) is 13.3 Å². The molecule has 0 aliphatic carbocycles. The highest BCUT2D eigenvalue weighted by molar-refractivity contribution is 6.10. The third-order valence-electron chi connectivity index (χ3n) is 4.05. The van der Waals surface area contributed by atoms with Gasteiger partial charge in [0.25, 0.3) is 5.91 Å². The van der Waals surface area contributed by atoms with Gasteiger partial charge in [-0.25, -0.2) is 4.79 Å². The summed E-state index contributed by atoms with van der Waals surface area (Å²) < 4.78 is 0. The van der Waals surface area contributed by atoms with Gasteiger partial charge in [-0.2, -0.15) is 0 Å². The second-order valence-corrected chi connectivity index (χ2v) is 5.82. The van der Waals surface area contributed by atoms with Gasteiger partial charge in [0.15, 0.2) is 11.6 Å². The van der Waals surface area contributed by atoms with Crippen molar-refractivity contribution in [3.63, 3.8) is 0 Å². The Morgan fingerprint density at radius 1 is 1.22 bits per heavy atom. The number of nitrogens with one attached hydrogen (secondary N) is 2. The van der Waals surface area contributed by atoms with Crippen LogP contribution in [0.25, 0.3) is 0 Å². The van der Waals surface area contributed by atoms with Crippen LogP contribution in [-0.4, -0.2) is 46.0 Å². The quantitative estimate of drug-likeness (QED) is 0.616. The Balaban J connectivity index is 2.20. The molecule has 124 valence electrons. The number of aryl methyl sites for hydroxylation is 1. The fourth-order valence-electron chi connectivity index (χ4n) is 2.99. The van der Waals surface area contributed by atoms with Crippen LogP contribution in [0.3, 0.4) is 0 Å². The highest BCUT2D eigenvalue weighted by atomic mass is 16.2. The summed E-state index contributed by atoms with van der Waals surface area (Å²) in [6, 6.07) is -1.10. The fourth-order valence-corrected chi connectivity index (χ4v) is 2.99. The zero-order chi connectivity index (χ0) is 17.3. The number of nitrogens with zero attached hydrogens (tertiary/aromatic N) is 1. The lowest BCUT2D eigenvalue weighted by Gasteiger charge is -2.11. The second-order valence-electron chi connectivity index (χ2n) is 5.82. The summed E-state index contributed by atoms with van der Waals surface area (Å²) in [6.07, 6.45) is 1.31. The maximum atomic E-state index is 12.4. The van der Waals surface area contributed by atoms with Gasteiger partial charge in [-0.05, 0) is 32.8 Å². The first-order valence-corrected chi connectivity index (χ1v) is 7.63. The van der Waals surface area contributed by atoms with Crippen molar-refractivity contribution in [2.45, 2.75) is 46.6 Å². The molecule has 1 aromatic heterocycles. The minimum atomic E-state index is -0.556. The summed E-state index contributed by atoms with van der Waals surface area (Å²) >= 11 is 0. The number of hydrogen-bond acceptors (Lipinski definition) is 4. The normalized spacial score (nSPS) is 17.6. The standard InChI is InChI=1S/C16H21N3O4/c1-5-6-11-15(22)19(16(23)18-11)7-12(21)14-8(2)13(10(4)20)9(3)17-14/h11,17H,5-7H2,1-4H3,(H,18,23). The molecule has 0 radical (unpaired) electrons. The maximum Gasteiger partial charge on any atom is 0.325 e. The molecule has 1 aromatic rings. The Morgan fingerprint density at radius 3 is 2.39 bits per heavy atom. The van der Waals surface area contributed by atoms with Gasteiger partial charge in [0.1, 0.15) is 6.04 Å². The third-order valence-corrected chi connectivity index (χ3v) is 4.05. The van der Waals surface area contributed by atoms with E-state index in [4.69, 9.17) is 0 Å². The number of rotatable bonds is 6. The summed E-state index contributed by atoms with van der Waals surface area (Å²) in [6.45, 7) is 6.42. The van der Waals surface area contributed by atoms with Crippen molar-refractivity contribution in [3.05, 3.63) is 22.5 Å². The number of carbonyl (C=O) groups excluding carboxylic acids is 4. The number of amides is 3. The number of ketones is 2. The maximum absolute atomic E-state index is 12.4. The molecule has 1 fully saturated rings. The monoisotopic (exact) mass is 319 g/mol. The molecule has 2 rings (SSSR count). The molecule has 0 spiro atoms. The van der Waals surface area contributed by atoms with Crippen molar-refractivity contribution in [1.29, 1.82) is 0 Å². The van der Waals surface area contributed by atoms with Crippen LogP contribution in [0.5, 0.6) is 0 Å². The first kappa shape index (κ1) is 16.9. The van der Waals surface area contributed by atoms with Crippen LogP contribution in [0.2, 0.25) is 0 Å². The molecule has 1 atom stereocenters. The minimum absolute atomic E-state index is 0.131. The number of Topliss-reactive ketones (excluding diaryl/α,β-unsaturated/α-hetero) is 2. The average molecular weight is 319 g/mol. The number of hydrogen-bond donors (Lipinski definition) is 2. The lowest BCUT2D eigenvalue weighted by molar-refractivity contribution is -0.127. The third kappa shape index (κ3) is 3.04. The SMILES string of the molecule is CCCC1NC(=O)N(CC(=O)c2[nH]c(C)c(C(C)=O)c2C)C1=O. The Hall–Kier alpha value is -2.44. The van der Waals surface area contributed by atoms with Crippen molar-refractivity contribution in [2.75, 3.05) is 6.54 Å². The Labute approximate surface area is 134 Å². The molecule has 1 aliphatic heterocycles. The van der Waals surface area contributed by atoms with E-state index in [1.165, 1.54) is 6.92 Å². The molecule has 1 aliphatic rings. The average Bonchev–Trinajstić information content (AvgIpc) is 2.90. The number of aromatic nitrogens is 1. The number of urea groups is 1. The Bertz CT molecular complexity index is 690. The molecule has 2 N–H and O–H groups in total. The predicted octanol–water partition coefficient (Wildman–Crippen LogP) is 1.74. The van der Waals surface area contributed by atoms with E-state index in [9.17, 15) is 19.2 Å². The van der Waals surface area contributed by atoms with Gasteiger partial charge >= 0.3 is 6.03 Å². The van der Waals surface area contributed by atoms with E-state index >= 15 is 0 Å². The van der Waals surface area contributed by atoms with Crippen LogP contribution < -0.4 is 5.32 Å². The predicted molar refractivity (Wildman–Crippen MR) is 83.5 cm³/mol. The number of aromatic amines is 1. The number of imide groups is 1. The van der Waals surface area contributed by atoms with Gasteiger partial charge in [-0.3, -0.25) is 19.3 Å². The van der Waals surface area contributed by atoms with Crippen LogP contribution in [0.15, 0.2) is 0 Å². The highest BCUT2D eigenvalue weighted by Crippen LogP contribution is 2.20. The minimum Gasteiger partial charge on any atom is -0.355 e. The first-order chi connectivity index (χ1) is 10.8. The van der Waals surface area contributed by atoms with Crippen LogP contribution >= 0.6 is 0 Å². The molecule has 0 aromatic carbocycles. The molecule has 2 heterocycles. The summed E-state index contributed by atoms with van der Waals surface area (Å²) in [7, 11) is 0. The molecule has 3 amide bonds. The molecule has 1 saturated heterocycles. The molecule has 23 heavy (non-hydrogen) atoms. The largest absolute Gasteiger partial charge is 0.355 e. The Kier molecular flexibility index (Phi) is 4.68. The number of H-pyrrole nitrogens is 1. The van der Waals surface area contributed by atoms with Crippen molar-refractivity contribution in [3.8, 4) is 0 Å². The van der Waals surface area contributed by atoms with Gasteiger partial charge < -0.3 is 10.3 Å². The first-order valence-electron chi connectivity index (χ1n) is 7.63. The topological polar surface area (TPSA) is 99.3 Å². The van der Waals surface area contributed by atoms with Gasteiger partial charge in [0, 0.05) is 11.3 Å². The van der Waals surface area contributed by atoms with Crippen molar-refractivity contribution in [2.24, 2.45) is 0 Å². The van der Waals surface area contributed by atoms with E-state index in [0.717, 1.165) is 11.3 Å². The summed E-state index contributed by atoms with van der Waals surface area (Å²) in [4.78, 5) is 51.9. The smallest absolute Gasteiger partial charge is 0.325 e. The van der Waals surface area contributed by atoms with Crippen LogP contribution in [0.1, 0.15) is 58.8 Å². The lowest BCUT2D eigenvalue weighted by atomic mass is 10.1. The van der Waals surface area contributed by atoms with Gasteiger partial charge in [0.05, 0.1) is 12.2 Å². The molecule has 0 bridgehead atoms. The number of carbonyl (C=O) groups is 4. The lowest BCUT2D eigenvalue weighted by Crippen LogP contribution is -2.36. The van der Waals surface area contributed by atoms with Gasteiger partial charge in [-0.15, -0.1) is 0 Å². The van der Waals surface area contributed by atoms with Gasteiger partial charge in [0.2, 0.25) is 0 Å².